The van der Waals surface area contributed by atoms with Crippen molar-refractivity contribution in [3.05, 3.63) is 0 Å². The van der Waals surface area contributed by atoms with Crippen LogP contribution in [-0.4, -0.2) is 80.5 Å². The molecule has 0 aliphatic carbocycles. The van der Waals surface area contributed by atoms with Gasteiger partial charge in [-0.05, 0) is 0 Å². The van der Waals surface area contributed by atoms with E-state index in [9.17, 15) is 15.0 Å². The number of carboxylic acid groups (broad SMARTS) is 1. The third kappa shape index (κ3) is 2.27. The maximum absolute atomic E-state index is 10.5. The molecule has 3 unspecified atom stereocenters. The number of likely N-dealkylation sites (tertiary alicyclic amines) is 1. The molecular weight excluding hydrogens is 206 g/mol. The zero-order valence-corrected chi connectivity index (χ0v) is 8.02. The molecule has 7 nitrogen and oxygen atoms in total. The first-order valence-electron chi connectivity index (χ1n) is 4.58. The molecule has 1 aliphatic heterocycles. The molecule has 0 aromatic heterocycles. The van der Waals surface area contributed by atoms with E-state index in [4.69, 9.17) is 15.3 Å². The van der Waals surface area contributed by atoms with E-state index in [1.54, 1.807) is 0 Å². The quantitative estimate of drug-likeness (QED) is 0.339. The van der Waals surface area contributed by atoms with Crippen LogP contribution in [0.2, 0.25) is 0 Å². The fourth-order valence-corrected chi connectivity index (χ4v) is 1.91. The SMILES string of the molecule is O=C(O)CN1C(CO)C(O)[C@@H](O)C1CO. The van der Waals surface area contributed by atoms with Crippen molar-refractivity contribution in [3.63, 3.8) is 0 Å². The highest BCUT2D eigenvalue weighted by Crippen LogP contribution is 2.24. The van der Waals surface area contributed by atoms with Gasteiger partial charge in [0, 0.05) is 0 Å². The van der Waals surface area contributed by atoms with E-state index in [2.05, 4.69) is 0 Å². The van der Waals surface area contributed by atoms with E-state index in [1.165, 1.54) is 4.90 Å². The van der Waals surface area contributed by atoms with Gasteiger partial charge in [0.2, 0.25) is 0 Å². The minimum atomic E-state index is -1.24. The summed E-state index contributed by atoms with van der Waals surface area (Å²) in [5.74, 6) is -1.15. The van der Waals surface area contributed by atoms with E-state index < -0.39 is 50.0 Å². The lowest BCUT2D eigenvalue weighted by molar-refractivity contribution is -0.139. The highest BCUT2D eigenvalue weighted by molar-refractivity contribution is 5.69. The first-order valence-corrected chi connectivity index (χ1v) is 4.58. The normalized spacial score (nSPS) is 37.1. The maximum atomic E-state index is 10.5. The van der Waals surface area contributed by atoms with E-state index >= 15 is 0 Å². The van der Waals surface area contributed by atoms with Crippen molar-refractivity contribution in [2.75, 3.05) is 19.8 Å². The summed E-state index contributed by atoms with van der Waals surface area (Å²) in [6, 6.07) is -1.71. The first kappa shape index (κ1) is 12.3. The molecule has 1 rings (SSSR count). The Bertz CT molecular complexity index is 219. The third-order valence-electron chi connectivity index (χ3n) is 2.68. The fourth-order valence-electron chi connectivity index (χ4n) is 1.91. The predicted molar refractivity (Wildman–Crippen MR) is 48.1 cm³/mol. The first-order chi connectivity index (χ1) is 7.02. The number of hydrogen-bond donors (Lipinski definition) is 5. The van der Waals surface area contributed by atoms with Gasteiger partial charge in [-0.1, -0.05) is 0 Å². The minimum absolute atomic E-state index is 0.440. The highest BCUT2D eigenvalue weighted by atomic mass is 16.4. The second-order valence-electron chi connectivity index (χ2n) is 3.55. The molecule has 0 radical (unpaired) electrons. The lowest BCUT2D eigenvalue weighted by atomic mass is 10.1. The summed E-state index contributed by atoms with van der Waals surface area (Å²) in [5, 5.41) is 45.5. The molecule has 1 fully saturated rings. The number of nitrogens with zero attached hydrogens (tertiary/aromatic N) is 1. The van der Waals surface area contributed by atoms with Crippen LogP contribution in [-0.2, 0) is 4.79 Å². The van der Waals surface area contributed by atoms with Gasteiger partial charge in [0.15, 0.2) is 0 Å². The van der Waals surface area contributed by atoms with Crippen molar-refractivity contribution in [2.24, 2.45) is 0 Å². The van der Waals surface area contributed by atoms with Crippen molar-refractivity contribution in [1.82, 2.24) is 4.90 Å². The smallest absolute Gasteiger partial charge is 0.317 e. The Kier molecular flexibility index (Phi) is 4.00. The van der Waals surface area contributed by atoms with Crippen LogP contribution in [0.5, 0.6) is 0 Å². The third-order valence-corrected chi connectivity index (χ3v) is 2.68. The Morgan fingerprint density at radius 1 is 1.07 bits per heavy atom. The molecule has 0 spiro atoms. The van der Waals surface area contributed by atoms with Crippen LogP contribution in [0.3, 0.4) is 0 Å². The lowest BCUT2D eigenvalue weighted by Gasteiger charge is -2.26. The standard InChI is InChI=1S/C8H15NO6/c10-2-4-7(14)8(15)5(3-11)9(4)1-6(12)13/h4-5,7-8,10-11,14-15H,1-3H2,(H,12,13)/t4?,5?,7-,8?/m0/s1. The Hall–Kier alpha value is -0.730. The van der Waals surface area contributed by atoms with Crippen molar-refractivity contribution < 1.29 is 30.3 Å². The molecule has 0 saturated carbocycles. The molecule has 88 valence electrons. The summed E-state index contributed by atoms with van der Waals surface area (Å²) in [5.41, 5.74) is 0. The van der Waals surface area contributed by atoms with Crippen LogP contribution in [0.25, 0.3) is 0 Å². The Labute approximate surface area is 86.2 Å². The van der Waals surface area contributed by atoms with Gasteiger partial charge in [0.25, 0.3) is 0 Å². The van der Waals surface area contributed by atoms with E-state index in [1.807, 2.05) is 0 Å². The van der Waals surface area contributed by atoms with Gasteiger partial charge in [-0.25, -0.2) is 0 Å². The van der Waals surface area contributed by atoms with Crippen molar-refractivity contribution in [2.45, 2.75) is 24.3 Å². The highest BCUT2D eigenvalue weighted by Gasteiger charge is 2.47. The number of aliphatic hydroxyl groups excluding tert-OH is 4. The number of rotatable bonds is 4. The second kappa shape index (κ2) is 4.86. The number of hydrogen-bond acceptors (Lipinski definition) is 6. The average Bonchev–Trinajstić information content (AvgIpc) is 2.38. The van der Waals surface area contributed by atoms with E-state index in [-0.39, 0.29) is 0 Å². The van der Waals surface area contributed by atoms with Gasteiger partial charge >= 0.3 is 5.97 Å². The molecule has 15 heavy (non-hydrogen) atoms. The van der Waals surface area contributed by atoms with Crippen LogP contribution in [0, 0.1) is 0 Å². The topological polar surface area (TPSA) is 121 Å². The van der Waals surface area contributed by atoms with Crippen LogP contribution in [0.1, 0.15) is 0 Å². The van der Waals surface area contributed by atoms with Gasteiger partial charge in [0.1, 0.15) is 0 Å². The molecule has 1 heterocycles. The Morgan fingerprint density at radius 2 is 1.47 bits per heavy atom. The Morgan fingerprint density at radius 3 is 1.73 bits per heavy atom. The molecule has 1 saturated heterocycles. The second-order valence-corrected chi connectivity index (χ2v) is 3.55. The van der Waals surface area contributed by atoms with Gasteiger partial charge in [-0.15, -0.1) is 0 Å². The Balaban J connectivity index is 2.82. The fraction of sp³-hybridized carbons (Fsp3) is 0.875. The molecule has 0 bridgehead atoms. The van der Waals surface area contributed by atoms with Crippen LogP contribution < -0.4 is 0 Å². The number of carboxylic acids is 1. The molecule has 7 heteroatoms. The van der Waals surface area contributed by atoms with Crippen molar-refractivity contribution in [3.8, 4) is 0 Å². The number of aliphatic carboxylic acids is 1. The molecule has 0 amide bonds. The number of carbonyl (C=O) groups is 1. The van der Waals surface area contributed by atoms with Gasteiger partial charge in [0.05, 0.1) is 44.1 Å². The largest absolute Gasteiger partial charge is 0.480 e. The van der Waals surface area contributed by atoms with E-state index in [0.29, 0.717) is 0 Å². The maximum Gasteiger partial charge on any atom is 0.317 e. The molecule has 1 aliphatic rings. The van der Waals surface area contributed by atoms with Crippen LogP contribution in [0.4, 0.5) is 0 Å². The van der Waals surface area contributed by atoms with Crippen LogP contribution in [0.15, 0.2) is 0 Å². The molecule has 0 aromatic carbocycles. The van der Waals surface area contributed by atoms with Gasteiger partial charge in [-0.2, -0.15) is 0 Å². The molecule has 0 aromatic rings. The van der Waals surface area contributed by atoms with Crippen molar-refractivity contribution in [1.29, 1.82) is 0 Å². The van der Waals surface area contributed by atoms with Gasteiger partial charge in [-0.3, -0.25) is 9.69 Å². The van der Waals surface area contributed by atoms with Crippen LogP contribution >= 0.6 is 0 Å². The summed E-state index contributed by atoms with van der Waals surface area (Å²) in [6.45, 7) is -1.38. The number of aliphatic hydroxyl groups is 4. The average molecular weight is 221 g/mol. The lowest BCUT2D eigenvalue weighted by Crippen LogP contribution is -2.45. The van der Waals surface area contributed by atoms with E-state index in [0.717, 1.165) is 0 Å². The predicted octanol–water partition coefficient (Wildman–Crippen LogP) is -3.17. The molecular formula is C8H15NO6. The monoisotopic (exact) mass is 221 g/mol. The summed E-state index contributed by atoms with van der Waals surface area (Å²) < 4.78 is 0. The molecule has 4 atom stereocenters. The molecule has 5 N–H and O–H groups in total. The summed E-state index contributed by atoms with van der Waals surface area (Å²) in [7, 11) is 0. The van der Waals surface area contributed by atoms with Gasteiger partial charge < -0.3 is 25.5 Å². The summed E-state index contributed by atoms with van der Waals surface area (Å²) >= 11 is 0. The van der Waals surface area contributed by atoms with Crippen molar-refractivity contribution >= 4 is 5.97 Å². The zero-order valence-electron chi connectivity index (χ0n) is 8.02. The summed E-state index contributed by atoms with van der Waals surface area (Å²) in [4.78, 5) is 11.7. The zero-order chi connectivity index (χ0) is 11.6. The minimum Gasteiger partial charge on any atom is -0.480 e. The summed E-state index contributed by atoms with van der Waals surface area (Å²) in [6.07, 6.45) is -2.49.